The molecule has 13 heavy (non-hydrogen) atoms. The molecular formula is C9H9NOS2. The molecule has 4 heteroatoms. The summed E-state index contributed by atoms with van der Waals surface area (Å²) in [5, 5.41) is 1.75. The van der Waals surface area contributed by atoms with E-state index in [2.05, 4.69) is 12.6 Å². The minimum atomic E-state index is 0.707. The minimum Gasteiger partial charge on any atom is -0.493 e. The van der Waals surface area contributed by atoms with Crippen LogP contribution in [-0.2, 0) is 0 Å². The molecule has 0 aliphatic rings. The van der Waals surface area contributed by atoms with Crippen molar-refractivity contribution in [2.24, 2.45) is 0 Å². The molecule has 0 amide bonds. The molecule has 0 fully saturated rings. The Hall–Kier alpha value is -0.870. The van der Waals surface area contributed by atoms with Gasteiger partial charge in [-0.3, -0.25) is 0 Å². The molecule has 2 aromatic rings. The van der Waals surface area contributed by atoms with Gasteiger partial charge >= 0.3 is 0 Å². The van der Waals surface area contributed by atoms with E-state index in [4.69, 9.17) is 10.5 Å². The highest BCUT2D eigenvalue weighted by Gasteiger charge is 2.10. The number of rotatable bonds is 1. The van der Waals surface area contributed by atoms with Crippen LogP contribution in [0.4, 0.5) is 5.00 Å². The van der Waals surface area contributed by atoms with Gasteiger partial charge in [0.05, 0.1) is 11.8 Å². The van der Waals surface area contributed by atoms with Crippen LogP contribution in [0.1, 0.15) is 0 Å². The first kappa shape index (κ1) is 8.72. The van der Waals surface area contributed by atoms with E-state index in [9.17, 15) is 0 Å². The summed E-state index contributed by atoms with van der Waals surface area (Å²) >= 11 is 5.86. The van der Waals surface area contributed by atoms with Gasteiger partial charge in [-0.1, -0.05) is 6.07 Å². The zero-order chi connectivity index (χ0) is 9.42. The number of fused-ring (bicyclic) bond motifs is 1. The molecule has 0 bridgehead atoms. The van der Waals surface area contributed by atoms with Crippen LogP contribution in [0, 0.1) is 0 Å². The number of anilines is 1. The highest BCUT2D eigenvalue weighted by molar-refractivity contribution is 7.80. The molecule has 0 unspecified atom stereocenters. The van der Waals surface area contributed by atoms with Crippen molar-refractivity contribution in [3.05, 3.63) is 18.2 Å². The molecule has 0 spiro atoms. The number of hydrogen-bond acceptors (Lipinski definition) is 4. The molecule has 1 heterocycles. The van der Waals surface area contributed by atoms with Crippen molar-refractivity contribution in [3.8, 4) is 5.75 Å². The predicted octanol–water partition coefficient (Wildman–Crippen LogP) is 2.78. The van der Waals surface area contributed by atoms with Crippen LogP contribution in [0.5, 0.6) is 5.75 Å². The zero-order valence-electron chi connectivity index (χ0n) is 7.07. The first-order valence-electron chi connectivity index (χ1n) is 3.78. The van der Waals surface area contributed by atoms with Crippen LogP contribution < -0.4 is 10.5 Å². The maximum absolute atomic E-state index is 5.79. The topological polar surface area (TPSA) is 35.2 Å². The van der Waals surface area contributed by atoms with Gasteiger partial charge in [0.1, 0.15) is 5.00 Å². The highest BCUT2D eigenvalue weighted by Crippen LogP contribution is 2.42. The van der Waals surface area contributed by atoms with Crippen molar-refractivity contribution in [1.29, 1.82) is 0 Å². The molecular weight excluding hydrogens is 202 g/mol. The number of thiol groups is 1. The van der Waals surface area contributed by atoms with Gasteiger partial charge in [0.2, 0.25) is 0 Å². The number of benzene rings is 1. The van der Waals surface area contributed by atoms with Gasteiger partial charge < -0.3 is 10.5 Å². The number of methoxy groups -OCH3 is 1. The van der Waals surface area contributed by atoms with Crippen molar-refractivity contribution >= 4 is 39.1 Å². The smallest absolute Gasteiger partial charge is 0.160 e. The predicted molar refractivity (Wildman–Crippen MR) is 60.0 cm³/mol. The molecule has 0 saturated carbocycles. The fourth-order valence-corrected chi connectivity index (χ4v) is 2.60. The molecule has 0 saturated heterocycles. The van der Waals surface area contributed by atoms with E-state index in [-0.39, 0.29) is 0 Å². The van der Waals surface area contributed by atoms with E-state index in [1.807, 2.05) is 18.2 Å². The van der Waals surface area contributed by atoms with E-state index < -0.39 is 0 Å². The second kappa shape index (κ2) is 3.12. The van der Waals surface area contributed by atoms with Gasteiger partial charge in [0.15, 0.2) is 5.75 Å². The summed E-state index contributed by atoms with van der Waals surface area (Å²) in [6, 6.07) is 5.88. The lowest BCUT2D eigenvalue weighted by Gasteiger charge is -1.98. The standard InChI is InChI=1S/C9H9NOS2/c1-11-7-5-3-2-4-6(12)8(5)13-9(7)10/h2-4,12H,10H2,1H3. The number of nitrogens with two attached hydrogens (primary N) is 1. The molecule has 2 N–H and O–H groups in total. The Morgan fingerprint density at radius 2 is 2.23 bits per heavy atom. The van der Waals surface area contributed by atoms with E-state index >= 15 is 0 Å². The normalized spacial score (nSPS) is 10.6. The summed E-state index contributed by atoms with van der Waals surface area (Å²) in [7, 11) is 1.63. The first-order valence-corrected chi connectivity index (χ1v) is 5.04. The van der Waals surface area contributed by atoms with Crippen molar-refractivity contribution in [1.82, 2.24) is 0 Å². The minimum absolute atomic E-state index is 0.707. The van der Waals surface area contributed by atoms with Crippen LogP contribution in [-0.4, -0.2) is 7.11 Å². The van der Waals surface area contributed by atoms with Crippen molar-refractivity contribution in [2.45, 2.75) is 4.90 Å². The van der Waals surface area contributed by atoms with E-state index in [0.717, 1.165) is 20.7 Å². The lowest BCUT2D eigenvalue weighted by molar-refractivity contribution is 0.423. The van der Waals surface area contributed by atoms with Gasteiger partial charge in [-0.25, -0.2) is 0 Å². The van der Waals surface area contributed by atoms with Crippen LogP contribution in [0.2, 0.25) is 0 Å². The lowest BCUT2D eigenvalue weighted by atomic mass is 10.2. The third-order valence-corrected chi connectivity index (χ3v) is 3.45. The maximum atomic E-state index is 5.79. The average molecular weight is 211 g/mol. The van der Waals surface area contributed by atoms with E-state index in [1.54, 1.807) is 7.11 Å². The molecule has 1 aromatic carbocycles. The highest BCUT2D eigenvalue weighted by atomic mass is 32.1. The monoisotopic (exact) mass is 211 g/mol. The molecule has 2 nitrogen and oxygen atoms in total. The van der Waals surface area contributed by atoms with Gasteiger partial charge in [0, 0.05) is 10.3 Å². The molecule has 68 valence electrons. The Kier molecular flexibility index (Phi) is 2.09. The summed E-state index contributed by atoms with van der Waals surface area (Å²) in [4.78, 5) is 0.942. The van der Waals surface area contributed by atoms with Crippen molar-refractivity contribution in [2.75, 3.05) is 12.8 Å². The van der Waals surface area contributed by atoms with E-state index in [0.29, 0.717) is 5.00 Å². The Bertz CT molecular complexity index is 450. The Morgan fingerprint density at radius 3 is 2.92 bits per heavy atom. The molecule has 0 aliphatic heterocycles. The Morgan fingerprint density at radius 1 is 1.46 bits per heavy atom. The maximum Gasteiger partial charge on any atom is 0.160 e. The van der Waals surface area contributed by atoms with Gasteiger partial charge in [-0.2, -0.15) is 0 Å². The van der Waals surface area contributed by atoms with Crippen molar-refractivity contribution < 1.29 is 4.74 Å². The van der Waals surface area contributed by atoms with Crippen LogP contribution in [0.3, 0.4) is 0 Å². The quantitative estimate of drug-likeness (QED) is 0.711. The van der Waals surface area contributed by atoms with Gasteiger partial charge in [0.25, 0.3) is 0 Å². The number of ether oxygens (including phenoxy) is 1. The molecule has 0 atom stereocenters. The molecule has 0 radical (unpaired) electrons. The van der Waals surface area contributed by atoms with Crippen molar-refractivity contribution in [3.63, 3.8) is 0 Å². The number of thiophene rings is 1. The zero-order valence-corrected chi connectivity index (χ0v) is 8.78. The summed E-state index contributed by atoms with van der Waals surface area (Å²) in [5.41, 5.74) is 5.79. The van der Waals surface area contributed by atoms with Crippen LogP contribution in [0.25, 0.3) is 10.1 Å². The summed E-state index contributed by atoms with van der Waals surface area (Å²) < 4.78 is 6.29. The number of hydrogen-bond donors (Lipinski definition) is 2. The van der Waals surface area contributed by atoms with Crippen LogP contribution >= 0.6 is 24.0 Å². The summed E-state index contributed by atoms with van der Waals surface area (Å²) in [6.45, 7) is 0. The lowest BCUT2D eigenvalue weighted by Crippen LogP contribution is -1.86. The fourth-order valence-electron chi connectivity index (χ4n) is 1.31. The Labute approximate surface area is 85.7 Å². The second-order valence-corrected chi connectivity index (χ2v) is 4.19. The molecule has 1 aromatic heterocycles. The SMILES string of the molecule is COc1c(N)sc2c(S)cccc12. The summed E-state index contributed by atoms with van der Waals surface area (Å²) in [6.07, 6.45) is 0. The van der Waals surface area contributed by atoms with Gasteiger partial charge in [-0.15, -0.1) is 24.0 Å². The Balaban J connectivity index is 2.86. The largest absolute Gasteiger partial charge is 0.493 e. The van der Waals surface area contributed by atoms with Gasteiger partial charge in [-0.05, 0) is 12.1 Å². The third-order valence-electron chi connectivity index (χ3n) is 1.88. The number of nitrogen functional groups attached to an aromatic ring is 1. The second-order valence-electron chi connectivity index (χ2n) is 2.65. The van der Waals surface area contributed by atoms with E-state index in [1.165, 1.54) is 11.3 Å². The molecule has 0 aliphatic carbocycles. The third kappa shape index (κ3) is 1.26. The molecule has 2 rings (SSSR count). The first-order chi connectivity index (χ1) is 6.24. The average Bonchev–Trinajstić information content (AvgIpc) is 2.43. The van der Waals surface area contributed by atoms with Crippen LogP contribution in [0.15, 0.2) is 23.1 Å². The fraction of sp³-hybridized carbons (Fsp3) is 0.111. The summed E-state index contributed by atoms with van der Waals surface area (Å²) in [5.74, 6) is 0.760.